The Morgan fingerprint density at radius 3 is 2.65 bits per heavy atom. The van der Waals surface area contributed by atoms with Crippen LogP contribution >= 0.6 is 11.3 Å². The Labute approximate surface area is 103 Å². The Hall–Kier alpha value is -1.68. The van der Waals surface area contributed by atoms with Crippen LogP contribution in [-0.2, 0) is 0 Å². The third-order valence-corrected chi connectivity index (χ3v) is 3.78. The van der Waals surface area contributed by atoms with Crippen LogP contribution in [0.2, 0.25) is 0 Å². The lowest BCUT2D eigenvalue weighted by Crippen LogP contribution is -1.97. The maximum atomic E-state index is 13.2. The molecule has 0 atom stereocenters. The van der Waals surface area contributed by atoms with Crippen LogP contribution in [0.1, 0.15) is 22.8 Å². The van der Waals surface area contributed by atoms with Gasteiger partial charge in [-0.1, -0.05) is 12.1 Å². The van der Waals surface area contributed by atoms with E-state index in [0.717, 1.165) is 16.0 Å². The summed E-state index contributed by atoms with van der Waals surface area (Å²) in [6.45, 7) is 3.32. The Morgan fingerprint density at radius 2 is 2.12 bits per heavy atom. The van der Waals surface area contributed by atoms with E-state index in [2.05, 4.69) is 0 Å². The van der Waals surface area contributed by atoms with Crippen molar-refractivity contribution in [3.63, 3.8) is 0 Å². The molecule has 1 heterocycles. The molecule has 0 aliphatic carbocycles. The number of carbonyl (C=O) groups excluding carboxylic acids is 1. The zero-order valence-electron chi connectivity index (χ0n) is 9.58. The minimum Gasteiger partial charge on any atom is -0.390 e. The molecule has 0 fully saturated rings. The number of carbonyl (C=O) groups is 1. The molecule has 0 saturated heterocycles. The Morgan fingerprint density at radius 1 is 1.41 bits per heavy atom. The van der Waals surface area contributed by atoms with Gasteiger partial charge in [0, 0.05) is 4.88 Å². The Kier molecular flexibility index (Phi) is 2.98. The number of ketones is 1. The summed E-state index contributed by atoms with van der Waals surface area (Å²) in [6.07, 6.45) is 0. The summed E-state index contributed by atoms with van der Waals surface area (Å²) in [5.41, 5.74) is 7.95. The summed E-state index contributed by atoms with van der Waals surface area (Å²) in [4.78, 5) is 12.3. The minimum absolute atomic E-state index is 0.0566. The van der Waals surface area contributed by atoms with Crippen molar-refractivity contribution in [3.8, 4) is 10.4 Å². The fourth-order valence-electron chi connectivity index (χ4n) is 1.88. The highest BCUT2D eigenvalue weighted by Crippen LogP contribution is 2.38. The first kappa shape index (κ1) is 11.8. The maximum absolute atomic E-state index is 13.2. The molecule has 1 aromatic heterocycles. The topological polar surface area (TPSA) is 43.1 Å². The molecular formula is C13H12FNOS. The van der Waals surface area contributed by atoms with Crippen LogP contribution < -0.4 is 5.73 Å². The number of benzene rings is 1. The van der Waals surface area contributed by atoms with Gasteiger partial charge in [-0.3, -0.25) is 4.79 Å². The van der Waals surface area contributed by atoms with Gasteiger partial charge in [-0.2, -0.15) is 0 Å². The second-order valence-electron chi connectivity index (χ2n) is 3.86. The van der Waals surface area contributed by atoms with E-state index >= 15 is 0 Å². The summed E-state index contributed by atoms with van der Waals surface area (Å²) >= 11 is 1.32. The second kappa shape index (κ2) is 4.30. The summed E-state index contributed by atoms with van der Waals surface area (Å²) in [5.74, 6) is -0.350. The third-order valence-electron chi connectivity index (χ3n) is 2.61. The van der Waals surface area contributed by atoms with Crippen LogP contribution in [-0.4, -0.2) is 5.78 Å². The predicted molar refractivity (Wildman–Crippen MR) is 68.9 cm³/mol. The molecule has 2 rings (SSSR count). The molecule has 0 radical (unpaired) electrons. The van der Waals surface area contributed by atoms with Gasteiger partial charge < -0.3 is 5.73 Å². The molecule has 88 valence electrons. The van der Waals surface area contributed by atoms with Crippen LogP contribution in [0.15, 0.2) is 24.3 Å². The molecule has 0 aliphatic rings. The summed E-state index contributed by atoms with van der Waals surface area (Å²) in [7, 11) is 0. The zero-order valence-corrected chi connectivity index (χ0v) is 10.4. The van der Waals surface area contributed by atoms with E-state index in [9.17, 15) is 9.18 Å². The summed E-state index contributed by atoms with van der Waals surface area (Å²) in [5, 5.41) is 0.495. The highest BCUT2D eigenvalue weighted by molar-refractivity contribution is 7.19. The second-order valence-corrected chi connectivity index (χ2v) is 4.91. The molecule has 0 saturated carbocycles. The van der Waals surface area contributed by atoms with Crippen molar-refractivity contribution in [2.45, 2.75) is 13.8 Å². The van der Waals surface area contributed by atoms with Crippen LogP contribution in [0.5, 0.6) is 0 Å². The van der Waals surface area contributed by atoms with E-state index < -0.39 is 0 Å². The quantitative estimate of drug-likeness (QED) is 0.825. The van der Waals surface area contributed by atoms with Crippen molar-refractivity contribution in [3.05, 3.63) is 41.2 Å². The maximum Gasteiger partial charge on any atom is 0.163 e. The third kappa shape index (κ3) is 2.08. The summed E-state index contributed by atoms with van der Waals surface area (Å²) in [6, 6.07) is 6.29. The van der Waals surface area contributed by atoms with Gasteiger partial charge in [0.25, 0.3) is 0 Å². The van der Waals surface area contributed by atoms with Gasteiger partial charge in [0.2, 0.25) is 0 Å². The van der Waals surface area contributed by atoms with Crippen molar-refractivity contribution in [1.29, 1.82) is 0 Å². The van der Waals surface area contributed by atoms with Crippen molar-refractivity contribution in [2.75, 3.05) is 5.73 Å². The molecule has 2 aromatic rings. The molecule has 17 heavy (non-hydrogen) atoms. The molecule has 1 aromatic carbocycles. The monoisotopic (exact) mass is 249 g/mol. The lowest BCUT2D eigenvalue weighted by molar-refractivity contribution is 0.101. The number of hydrogen-bond donors (Lipinski definition) is 1. The van der Waals surface area contributed by atoms with Gasteiger partial charge in [0.15, 0.2) is 5.78 Å². The largest absolute Gasteiger partial charge is 0.390 e. The number of halogens is 1. The van der Waals surface area contributed by atoms with E-state index in [1.54, 1.807) is 6.07 Å². The molecule has 2 N–H and O–H groups in total. The van der Waals surface area contributed by atoms with Crippen molar-refractivity contribution < 1.29 is 9.18 Å². The van der Waals surface area contributed by atoms with Crippen LogP contribution in [0.3, 0.4) is 0 Å². The van der Waals surface area contributed by atoms with Gasteiger partial charge in [-0.15, -0.1) is 11.3 Å². The molecule has 0 unspecified atom stereocenters. The van der Waals surface area contributed by atoms with E-state index in [0.29, 0.717) is 10.6 Å². The van der Waals surface area contributed by atoms with E-state index in [1.165, 1.54) is 30.4 Å². The fourth-order valence-corrected chi connectivity index (χ4v) is 3.00. The average Bonchev–Trinajstić information content (AvgIpc) is 2.54. The first-order valence-electron chi connectivity index (χ1n) is 5.16. The van der Waals surface area contributed by atoms with E-state index in [4.69, 9.17) is 5.73 Å². The van der Waals surface area contributed by atoms with Crippen molar-refractivity contribution in [2.24, 2.45) is 0 Å². The van der Waals surface area contributed by atoms with Gasteiger partial charge >= 0.3 is 0 Å². The number of rotatable bonds is 2. The standard InChI is InChI=1S/C13H12FNOS/c1-7-11(8(2)16)13(15)17-12(7)9-4-3-5-10(14)6-9/h3-6H,15H2,1-2H3. The molecular weight excluding hydrogens is 237 g/mol. The number of Topliss-reactive ketones (excluding diaryl/α,β-unsaturated/α-hetero) is 1. The highest BCUT2D eigenvalue weighted by atomic mass is 32.1. The predicted octanol–water partition coefficient (Wildman–Crippen LogP) is 3.65. The Balaban J connectivity index is 2.62. The number of nitrogens with two attached hydrogens (primary N) is 1. The highest BCUT2D eigenvalue weighted by Gasteiger charge is 2.17. The average molecular weight is 249 g/mol. The Bertz CT molecular complexity index is 589. The lowest BCUT2D eigenvalue weighted by atomic mass is 10.0. The number of nitrogen functional groups attached to an aromatic ring is 1. The SMILES string of the molecule is CC(=O)c1c(N)sc(-c2cccc(F)c2)c1C. The molecule has 4 heteroatoms. The van der Waals surface area contributed by atoms with Crippen LogP contribution in [0.25, 0.3) is 10.4 Å². The summed E-state index contributed by atoms with van der Waals surface area (Å²) < 4.78 is 13.2. The molecule has 2 nitrogen and oxygen atoms in total. The van der Waals surface area contributed by atoms with Crippen LogP contribution in [0.4, 0.5) is 9.39 Å². The first-order chi connectivity index (χ1) is 8.00. The van der Waals surface area contributed by atoms with Gasteiger partial charge in [-0.05, 0) is 37.1 Å². The number of thiophene rings is 1. The van der Waals surface area contributed by atoms with E-state index in [1.807, 2.05) is 13.0 Å². The normalized spacial score (nSPS) is 10.5. The van der Waals surface area contributed by atoms with Gasteiger partial charge in [0.1, 0.15) is 5.82 Å². The van der Waals surface area contributed by atoms with Crippen LogP contribution in [0, 0.1) is 12.7 Å². The van der Waals surface area contributed by atoms with Crippen molar-refractivity contribution >= 4 is 22.1 Å². The van der Waals surface area contributed by atoms with Gasteiger partial charge in [-0.25, -0.2) is 4.39 Å². The fraction of sp³-hybridized carbons (Fsp3) is 0.154. The molecule has 0 spiro atoms. The molecule has 0 bridgehead atoms. The number of anilines is 1. The van der Waals surface area contributed by atoms with Gasteiger partial charge in [0.05, 0.1) is 10.6 Å². The lowest BCUT2D eigenvalue weighted by Gasteiger charge is -2.00. The van der Waals surface area contributed by atoms with Crippen molar-refractivity contribution in [1.82, 2.24) is 0 Å². The van der Waals surface area contributed by atoms with E-state index in [-0.39, 0.29) is 11.6 Å². The minimum atomic E-state index is -0.293. The smallest absolute Gasteiger partial charge is 0.163 e. The molecule has 0 amide bonds. The first-order valence-corrected chi connectivity index (χ1v) is 5.98. The molecule has 0 aliphatic heterocycles. The zero-order chi connectivity index (χ0) is 12.6. The number of hydrogen-bond acceptors (Lipinski definition) is 3.